The summed E-state index contributed by atoms with van der Waals surface area (Å²) in [6.07, 6.45) is 9.05. The lowest BCUT2D eigenvalue weighted by atomic mass is 10.4. The van der Waals surface area contributed by atoms with Crippen LogP contribution >= 0.6 is 45.3 Å². The molecule has 0 radical (unpaired) electrons. The third kappa shape index (κ3) is 5.53. The van der Waals surface area contributed by atoms with Crippen molar-refractivity contribution in [3.05, 3.63) is 45.3 Å². The number of thiazole rings is 4. The Morgan fingerprint density at radius 1 is 0.704 bits per heavy atom. The summed E-state index contributed by atoms with van der Waals surface area (Å²) in [4.78, 5) is 19.5. The van der Waals surface area contributed by atoms with Gasteiger partial charge in [-0.15, -0.1) is 45.3 Å². The molecule has 0 amide bonds. The molecule has 0 atom stereocenters. The van der Waals surface area contributed by atoms with E-state index in [1.54, 1.807) is 57.7 Å². The molecule has 2 N–H and O–H groups in total. The van der Waals surface area contributed by atoms with E-state index in [2.05, 4.69) is 30.6 Å². The summed E-state index contributed by atoms with van der Waals surface area (Å²) in [6.45, 7) is 1.36. The monoisotopic (exact) mass is 436 g/mol. The summed E-state index contributed by atoms with van der Waals surface area (Å²) in [5.74, 6) is 0. The molecular weight excluding hydrogens is 420 g/mol. The Morgan fingerprint density at radius 3 is 1.67 bits per heavy atom. The molecule has 11 heteroatoms. The van der Waals surface area contributed by atoms with Gasteiger partial charge in [0.1, 0.15) is 0 Å². The Balaban J connectivity index is 1.15. The Hall–Kier alpha value is -1.92. The van der Waals surface area contributed by atoms with E-state index in [1.165, 1.54) is 9.75 Å². The second-order valence-corrected chi connectivity index (χ2v) is 9.32. The fourth-order valence-electron chi connectivity index (χ4n) is 2.16. The third-order valence-electron chi connectivity index (χ3n) is 3.39. The minimum Gasteiger partial charge on any atom is -0.381 e. The second kappa shape index (κ2) is 9.33. The van der Waals surface area contributed by atoms with Crippen molar-refractivity contribution < 1.29 is 4.74 Å². The van der Waals surface area contributed by atoms with Crippen LogP contribution in [-0.4, -0.2) is 33.1 Å². The number of aromatic nitrogens is 4. The van der Waals surface area contributed by atoms with Gasteiger partial charge in [0.25, 0.3) is 0 Å². The molecule has 4 aromatic heterocycles. The topological polar surface area (TPSA) is 84.9 Å². The van der Waals surface area contributed by atoms with Crippen LogP contribution in [0.1, 0.15) is 9.75 Å². The molecule has 0 aliphatic carbocycles. The largest absolute Gasteiger partial charge is 0.381 e. The first kappa shape index (κ1) is 18.4. The first-order chi connectivity index (χ1) is 13.3. The Bertz CT molecular complexity index is 858. The van der Waals surface area contributed by atoms with Crippen LogP contribution in [0.4, 0.5) is 20.5 Å². The van der Waals surface area contributed by atoms with E-state index < -0.39 is 0 Å². The van der Waals surface area contributed by atoms with Crippen molar-refractivity contribution in [1.82, 2.24) is 19.9 Å². The molecule has 0 spiro atoms. The maximum Gasteiger partial charge on any atom is 0.189 e. The lowest BCUT2D eigenvalue weighted by Gasteiger charge is -2.01. The van der Waals surface area contributed by atoms with Crippen LogP contribution in [0.5, 0.6) is 0 Å². The van der Waals surface area contributed by atoms with Gasteiger partial charge in [-0.1, -0.05) is 0 Å². The van der Waals surface area contributed by atoms with Gasteiger partial charge in [0, 0.05) is 58.1 Å². The zero-order chi connectivity index (χ0) is 18.3. The molecule has 7 nitrogen and oxygen atoms in total. The average molecular weight is 437 g/mol. The molecule has 0 aromatic carbocycles. The van der Waals surface area contributed by atoms with Crippen molar-refractivity contribution in [1.29, 1.82) is 0 Å². The van der Waals surface area contributed by atoms with Crippen LogP contribution in [0.2, 0.25) is 0 Å². The zero-order valence-corrected chi connectivity index (χ0v) is 17.4. The van der Waals surface area contributed by atoms with Gasteiger partial charge >= 0.3 is 0 Å². The summed E-state index contributed by atoms with van der Waals surface area (Å²) < 4.78 is 5.77. The highest BCUT2D eigenvalue weighted by atomic mass is 32.1. The zero-order valence-electron chi connectivity index (χ0n) is 14.1. The van der Waals surface area contributed by atoms with Gasteiger partial charge in [-0.3, -0.25) is 0 Å². The highest BCUT2D eigenvalue weighted by Crippen LogP contribution is 2.25. The van der Waals surface area contributed by atoms with Crippen LogP contribution in [-0.2, 0) is 17.6 Å². The molecule has 0 bridgehead atoms. The maximum atomic E-state index is 5.77. The molecule has 27 heavy (non-hydrogen) atoms. The van der Waals surface area contributed by atoms with Gasteiger partial charge in [0.05, 0.1) is 13.2 Å². The SMILES string of the molecule is c1csc(Nc2ncc(CCOCCc3cnc(Nc4nccs4)s3)s2)n1. The molecule has 4 heterocycles. The molecule has 0 saturated carbocycles. The summed E-state index contributed by atoms with van der Waals surface area (Å²) in [6, 6.07) is 0. The molecule has 0 unspecified atom stereocenters. The Labute approximate surface area is 172 Å². The van der Waals surface area contributed by atoms with E-state index in [0.29, 0.717) is 13.2 Å². The standard InChI is InChI=1S/C16H16N6OS4/c1(11-9-19-15(26-11)21-13-17-3-7-24-13)5-23-6-2-12-10-20-16(27-12)22-14-18-4-8-25-14/h3-4,7-10H,1-2,5-6H2,(H,17,19,21)(H,18,20,22). The smallest absolute Gasteiger partial charge is 0.189 e. The second-order valence-electron chi connectivity index (χ2n) is 5.30. The van der Waals surface area contributed by atoms with E-state index in [1.807, 2.05) is 23.2 Å². The normalized spacial score (nSPS) is 11.0. The van der Waals surface area contributed by atoms with Crippen molar-refractivity contribution in [3.63, 3.8) is 0 Å². The van der Waals surface area contributed by atoms with Crippen LogP contribution < -0.4 is 10.6 Å². The molecule has 0 saturated heterocycles. The number of nitrogens with one attached hydrogen (secondary N) is 2. The highest BCUT2D eigenvalue weighted by molar-refractivity contribution is 7.17. The number of rotatable bonds is 10. The van der Waals surface area contributed by atoms with Crippen LogP contribution in [0.25, 0.3) is 0 Å². The van der Waals surface area contributed by atoms with Crippen molar-refractivity contribution in [2.45, 2.75) is 12.8 Å². The molecule has 4 aromatic rings. The molecule has 140 valence electrons. The number of nitrogens with zero attached hydrogens (tertiary/aromatic N) is 4. The summed E-state index contributed by atoms with van der Waals surface area (Å²) >= 11 is 6.39. The van der Waals surface area contributed by atoms with E-state index in [0.717, 1.165) is 33.4 Å². The van der Waals surface area contributed by atoms with Crippen molar-refractivity contribution in [2.24, 2.45) is 0 Å². The molecule has 4 rings (SSSR count). The van der Waals surface area contributed by atoms with Crippen molar-refractivity contribution >= 4 is 65.9 Å². The molecular formula is C16H16N6OS4. The van der Waals surface area contributed by atoms with E-state index >= 15 is 0 Å². The molecule has 0 aliphatic rings. The first-order valence-electron chi connectivity index (χ1n) is 8.15. The summed E-state index contributed by atoms with van der Waals surface area (Å²) in [5.41, 5.74) is 0. The molecule has 0 aliphatic heterocycles. The first-order valence-corrected chi connectivity index (χ1v) is 11.5. The predicted molar refractivity (Wildman–Crippen MR) is 113 cm³/mol. The maximum absolute atomic E-state index is 5.77. The number of hydrogen-bond donors (Lipinski definition) is 2. The quantitative estimate of drug-likeness (QED) is 0.345. The number of ether oxygens (including phenoxy) is 1. The van der Waals surface area contributed by atoms with Crippen LogP contribution in [0.15, 0.2) is 35.5 Å². The summed E-state index contributed by atoms with van der Waals surface area (Å²) in [5, 5.41) is 13.7. The molecule has 0 fully saturated rings. The highest BCUT2D eigenvalue weighted by Gasteiger charge is 2.06. The van der Waals surface area contributed by atoms with E-state index in [-0.39, 0.29) is 0 Å². The van der Waals surface area contributed by atoms with E-state index in [4.69, 9.17) is 4.74 Å². The van der Waals surface area contributed by atoms with Gasteiger partial charge in [0.15, 0.2) is 20.5 Å². The number of anilines is 4. The fourth-order valence-corrected chi connectivity index (χ4v) is 4.93. The van der Waals surface area contributed by atoms with Crippen LogP contribution in [0.3, 0.4) is 0 Å². The Morgan fingerprint density at radius 2 is 1.22 bits per heavy atom. The van der Waals surface area contributed by atoms with Gasteiger partial charge in [-0.05, 0) is 0 Å². The average Bonchev–Trinajstić information content (AvgIpc) is 3.44. The fraction of sp³-hybridized carbons (Fsp3) is 0.250. The third-order valence-corrected chi connectivity index (χ3v) is 6.71. The lowest BCUT2D eigenvalue weighted by molar-refractivity contribution is 0.141. The van der Waals surface area contributed by atoms with Gasteiger partial charge in [0.2, 0.25) is 0 Å². The van der Waals surface area contributed by atoms with Gasteiger partial charge < -0.3 is 15.4 Å². The predicted octanol–water partition coefficient (Wildman–Crippen LogP) is 4.80. The number of hydrogen-bond acceptors (Lipinski definition) is 11. The summed E-state index contributed by atoms with van der Waals surface area (Å²) in [7, 11) is 0. The minimum atomic E-state index is 0.682. The van der Waals surface area contributed by atoms with Crippen molar-refractivity contribution in [2.75, 3.05) is 23.8 Å². The minimum absolute atomic E-state index is 0.682. The Kier molecular flexibility index (Phi) is 6.37. The van der Waals surface area contributed by atoms with Crippen LogP contribution in [0, 0.1) is 0 Å². The van der Waals surface area contributed by atoms with Gasteiger partial charge in [-0.2, -0.15) is 0 Å². The van der Waals surface area contributed by atoms with E-state index in [9.17, 15) is 0 Å². The van der Waals surface area contributed by atoms with Gasteiger partial charge in [-0.25, -0.2) is 19.9 Å². The lowest BCUT2D eigenvalue weighted by Crippen LogP contribution is -2.01. The van der Waals surface area contributed by atoms with Crippen molar-refractivity contribution in [3.8, 4) is 0 Å².